The highest BCUT2D eigenvalue weighted by atomic mass is 19.4. The first-order valence-corrected chi connectivity index (χ1v) is 11.8. The van der Waals surface area contributed by atoms with Gasteiger partial charge in [0, 0.05) is 6.42 Å². The van der Waals surface area contributed by atoms with E-state index in [1.807, 2.05) is 18.2 Å². The zero-order valence-corrected chi connectivity index (χ0v) is 20.9. The molecule has 36 heavy (non-hydrogen) atoms. The number of carbonyl (C=O) groups is 1. The molecule has 3 rings (SSSR count). The first kappa shape index (κ1) is 27.1. The summed E-state index contributed by atoms with van der Waals surface area (Å²) in [7, 11) is 0. The van der Waals surface area contributed by atoms with Gasteiger partial charge in [-0.25, -0.2) is 0 Å². The lowest BCUT2D eigenvalue weighted by Gasteiger charge is -2.19. The van der Waals surface area contributed by atoms with Crippen molar-refractivity contribution in [3.05, 3.63) is 83.4 Å². The van der Waals surface area contributed by atoms with E-state index in [-0.39, 0.29) is 30.2 Å². The van der Waals surface area contributed by atoms with Crippen molar-refractivity contribution in [1.82, 2.24) is 0 Å². The second-order valence-electron chi connectivity index (χ2n) is 9.44. The van der Waals surface area contributed by atoms with Crippen LogP contribution in [-0.2, 0) is 28.0 Å². The smallest absolute Gasteiger partial charge is 0.489 e. The average Bonchev–Trinajstić information content (AvgIpc) is 2.80. The Labute approximate surface area is 210 Å². The third-order valence-electron chi connectivity index (χ3n) is 5.57. The minimum atomic E-state index is -4.76. The molecule has 0 saturated heterocycles. The van der Waals surface area contributed by atoms with Gasteiger partial charge in [-0.15, -0.1) is 13.2 Å². The van der Waals surface area contributed by atoms with Crippen molar-refractivity contribution in [2.75, 3.05) is 6.61 Å². The van der Waals surface area contributed by atoms with Crippen LogP contribution in [0.1, 0.15) is 50.8 Å². The third kappa shape index (κ3) is 8.04. The molecule has 0 heterocycles. The average molecular weight is 501 g/mol. The van der Waals surface area contributed by atoms with Crippen LogP contribution in [0.15, 0.2) is 66.7 Å². The summed E-state index contributed by atoms with van der Waals surface area (Å²) < 4.78 is 52.7. The molecule has 0 atom stereocenters. The van der Waals surface area contributed by atoms with Crippen molar-refractivity contribution in [2.45, 2.75) is 58.9 Å². The van der Waals surface area contributed by atoms with Crippen LogP contribution in [-0.4, -0.2) is 18.9 Å². The Morgan fingerprint density at radius 3 is 2.22 bits per heavy atom. The molecule has 0 saturated carbocycles. The second kappa shape index (κ2) is 11.5. The number of hydrogen-bond donors (Lipinski definition) is 0. The Bertz CT molecular complexity index is 1160. The Hall–Kier alpha value is -3.48. The Morgan fingerprint density at radius 2 is 1.58 bits per heavy atom. The Balaban J connectivity index is 1.82. The maximum atomic E-state index is 12.5. The van der Waals surface area contributed by atoms with E-state index in [0.717, 1.165) is 16.7 Å². The molecule has 0 bridgehead atoms. The van der Waals surface area contributed by atoms with Gasteiger partial charge in [0.2, 0.25) is 0 Å². The molecular weight excluding hydrogens is 469 g/mol. The fourth-order valence-electron chi connectivity index (χ4n) is 3.72. The molecule has 0 unspecified atom stereocenters. The Kier molecular flexibility index (Phi) is 8.66. The SMILES string of the molecule is CCOC(=O)CCc1cc(-c2ccc(C(C)(C)C)cc2)ccc1OCc1cccc(OC(F)(F)F)c1. The van der Waals surface area contributed by atoms with Crippen molar-refractivity contribution in [3.63, 3.8) is 0 Å². The van der Waals surface area contributed by atoms with Gasteiger partial charge < -0.3 is 14.2 Å². The summed E-state index contributed by atoms with van der Waals surface area (Å²) in [6.07, 6.45) is -4.18. The molecule has 0 amide bonds. The molecule has 0 aliphatic rings. The highest BCUT2D eigenvalue weighted by Gasteiger charge is 2.31. The summed E-state index contributed by atoms with van der Waals surface area (Å²) in [5.74, 6) is -0.0583. The number of carbonyl (C=O) groups excluding carboxylic acids is 1. The predicted octanol–water partition coefficient (Wildman–Crippen LogP) is 7.62. The van der Waals surface area contributed by atoms with Gasteiger partial charge in [0.05, 0.1) is 6.61 Å². The summed E-state index contributed by atoms with van der Waals surface area (Å²) in [4.78, 5) is 12.0. The van der Waals surface area contributed by atoms with Gasteiger partial charge in [0.25, 0.3) is 0 Å². The van der Waals surface area contributed by atoms with Crippen LogP contribution < -0.4 is 9.47 Å². The van der Waals surface area contributed by atoms with Crippen molar-refractivity contribution < 1.29 is 32.2 Å². The number of esters is 1. The van der Waals surface area contributed by atoms with Crippen LogP contribution in [0, 0.1) is 0 Å². The fourth-order valence-corrected chi connectivity index (χ4v) is 3.72. The minimum absolute atomic E-state index is 0.0427. The lowest BCUT2D eigenvalue weighted by atomic mass is 9.86. The molecule has 0 aliphatic heterocycles. The molecular formula is C29H31F3O4. The van der Waals surface area contributed by atoms with Gasteiger partial charge in [-0.1, -0.05) is 63.2 Å². The number of ether oxygens (including phenoxy) is 3. The molecule has 3 aromatic rings. The van der Waals surface area contributed by atoms with Crippen LogP contribution >= 0.6 is 0 Å². The lowest BCUT2D eigenvalue weighted by Crippen LogP contribution is -2.17. The molecule has 0 spiro atoms. The van der Waals surface area contributed by atoms with Crippen molar-refractivity contribution >= 4 is 5.97 Å². The number of alkyl halides is 3. The van der Waals surface area contributed by atoms with Crippen LogP contribution in [0.5, 0.6) is 11.5 Å². The maximum Gasteiger partial charge on any atom is 0.573 e. The van der Waals surface area contributed by atoms with Crippen molar-refractivity contribution in [3.8, 4) is 22.6 Å². The number of hydrogen-bond acceptors (Lipinski definition) is 4. The number of rotatable bonds is 9. The predicted molar refractivity (Wildman–Crippen MR) is 133 cm³/mol. The zero-order chi connectivity index (χ0) is 26.3. The van der Waals surface area contributed by atoms with Crippen molar-refractivity contribution in [1.29, 1.82) is 0 Å². The second-order valence-corrected chi connectivity index (χ2v) is 9.44. The van der Waals surface area contributed by atoms with Gasteiger partial charge in [0.1, 0.15) is 18.1 Å². The molecule has 7 heteroatoms. The molecule has 3 aromatic carbocycles. The molecule has 0 N–H and O–H groups in total. The summed E-state index contributed by atoms with van der Waals surface area (Å²) in [6.45, 7) is 8.58. The highest BCUT2D eigenvalue weighted by molar-refractivity contribution is 5.71. The summed E-state index contributed by atoms with van der Waals surface area (Å²) in [6, 6.07) is 19.7. The fraction of sp³-hybridized carbons (Fsp3) is 0.345. The van der Waals surface area contributed by atoms with Crippen LogP contribution in [0.3, 0.4) is 0 Å². The van der Waals surface area contributed by atoms with Gasteiger partial charge >= 0.3 is 12.3 Å². The molecule has 0 fully saturated rings. The summed E-state index contributed by atoms with van der Waals surface area (Å²) in [5.41, 5.74) is 4.61. The highest BCUT2D eigenvalue weighted by Crippen LogP contribution is 2.31. The Morgan fingerprint density at radius 1 is 0.889 bits per heavy atom. The molecule has 0 aromatic heterocycles. The van der Waals surface area contributed by atoms with E-state index >= 15 is 0 Å². The van der Waals surface area contributed by atoms with Crippen LogP contribution in [0.2, 0.25) is 0 Å². The largest absolute Gasteiger partial charge is 0.573 e. The van der Waals surface area contributed by atoms with E-state index in [4.69, 9.17) is 9.47 Å². The van der Waals surface area contributed by atoms with Crippen molar-refractivity contribution in [2.24, 2.45) is 0 Å². The standard InChI is InChI=1S/C29H31F3O4/c1-5-34-27(33)16-12-23-18-22(21-9-13-24(14-10-21)28(2,3)4)11-15-26(23)35-19-20-7-6-8-25(17-20)36-29(30,31)32/h6-11,13-15,17-18H,5,12,16,19H2,1-4H3. The van der Waals surface area contributed by atoms with Crippen LogP contribution in [0.4, 0.5) is 13.2 Å². The monoisotopic (exact) mass is 500 g/mol. The third-order valence-corrected chi connectivity index (χ3v) is 5.57. The lowest BCUT2D eigenvalue weighted by molar-refractivity contribution is -0.274. The number of benzene rings is 3. The normalized spacial score (nSPS) is 11.8. The van der Waals surface area contributed by atoms with Gasteiger partial charge in [0.15, 0.2) is 0 Å². The van der Waals surface area contributed by atoms with E-state index in [2.05, 4.69) is 49.8 Å². The van der Waals surface area contributed by atoms with Crippen LogP contribution in [0.25, 0.3) is 11.1 Å². The van der Waals surface area contributed by atoms with Gasteiger partial charge in [-0.05, 0) is 70.8 Å². The first-order chi connectivity index (χ1) is 16.9. The van der Waals surface area contributed by atoms with Gasteiger partial charge in [-0.2, -0.15) is 0 Å². The van der Waals surface area contributed by atoms with E-state index in [0.29, 0.717) is 24.3 Å². The van der Waals surface area contributed by atoms with E-state index in [1.54, 1.807) is 13.0 Å². The minimum Gasteiger partial charge on any atom is -0.489 e. The van der Waals surface area contributed by atoms with Gasteiger partial charge in [-0.3, -0.25) is 4.79 Å². The molecule has 0 radical (unpaired) electrons. The van der Waals surface area contributed by atoms with E-state index < -0.39 is 6.36 Å². The number of aryl methyl sites for hydroxylation is 1. The van der Waals surface area contributed by atoms with E-state index in [9.17, 15) is 18.0 Å². The molecule has 4 nitrogen and oxygen atoms in total. The number of halogens is 3. The zero-order valence-electron chi connectivity index (χ0n) is 20.9. The summed E-state index contributed by atoms with van der Waals surface area (Å²) in [5, 5.41) is 0. The maximum absolute atomic E-state index is 12.5. The molecule has 0 aliphatic carbocycles. The topological polar surface area (TPSA) is 44.8 Å². The molecule has 192 valence electrons. The quantitative estimate of drug-likeness (QED) is 0.284. The first-order valence-electron chi connectivity index (χ1n) is 11.8. The van der Waals surface area contributed by atoms with E-state index in [1.165, 1.54) is 23.8 Å². The summed E-state index contributed by atoms with van der Waals surface area (Å²) >= 11 is 0.